The van der Waals surface area contributed by atoms with Crippen molar-refractivity contribution in [1.29, 1.82) is 0 Å². The molecule has 0 saturated carbocycles. The first-order valence-electron chi connectivity index (χ1n) is 6.56. The number of unbranched alkanes of at least 4 members (excludes halogenated alkanes) is 8. The van der Waals surface area contributed by atoms with Crippen LogP contribution in [0.3, 0.4) is 0 Å². The summed E-state index contributed by atoms with van der Waals surface area (Å²) in [7, 11) is 0. The molecule has 0 aromatic rings. The van der Waals surface area contributed by atoms with Crippen molar-refractivity contribution < 1.29 is 0 Å². The van der Waals surface area contributed by atoms with Crippen molar-refractivity contribution in [3.05, 3.63) is 12.2 Å². The van der Waals surface area contributed by atoms with E-state index in [0.717, 1.165) is 0 Å². The molecule has 0 saturated heterocycles. The van der Waals surface area contributed by atoms with Crippen molar-refractivity contribution in [2.45, 2.75) is 78.1 Å². The summed E-state index contributed by atoms with van der Waals surface area (Å²) >= 11 is 0. The lowest BCUT2D eigenvalue weighted by atomic mass is 10.1. The third kappa shape index (κ3) is 11.7. The molecule has 0 aliphatic rings. The van der Waals surface area contributed by atoms with E-state index in [-0.39, 0.29) is 0 Å². The monoisotopic (exact) mass is 196 g/mol. The fraction of sp³-hybridized carbons (Fsp3) is 0.857. The second kappa shape index (κ2) is 12.7. The molecule has 0 amide bonds. The second-order valence-electron chi connectivity index (χ2n) is 4.17. The van der Waals surface area contributed by atoms with Crippen LogP contribution in [0.1, 0.15) is 78.1 Å². The van der Waals surface area contributed by atoms with Crippen molar-refractivity contribution in [1.82, 2.24) is 0 Å². The minimum absolute atomic E-state index is 1.26. The number of rotatable bonds is 10. The highest BCUT2D eigenvalue weighted by Gasteiger charge is 1.88. The maximum absolute atomic E-state index is 2.36. The van der Waals surface area contributed by atoms with E-state index < -0.39 is 0 Å². The summed E-state index contributed by atoms with van der Waals surface area (Å²) in [5.41, 5.74) is 0. The molecule has 0 heterocycles. The lowest BCUT2D eigenvalue weighted by Gasteiger charge is -1.98. The van der Waals surface area contributed by atoms with Crippen LogP contribution in [-0.2, 0) is 0 Å². The van der Waals surface area contributed by atoms with Gasteiger partial charge >= 0.3 is 0 Å². The van der Waals surface area contributed by atoms with Crippen LogP contribution in [0.4, 0.5) is 0 Å². The first-order chi connectivity index (χ1) is 6.91. The van der Waals surface area contributed by atoms with Crippen molar-refractivity contribution in [2.75, 3.05) is 0 Å². The van der Waals surface area contributed by atoms with Crippen LogP contribution in [-0.4, -0.2) is 0 Å². The Morgan fingerprint density at radius 2 is 1.14 bits per heavy atom. The Bertz CT molecular complexity index is 113. The van der Waals surface area contributed by atoms with Crippen LogP contribution in [0.15, 0.2) is 12.2 Å². The normalized spacial score (nSPS) is 11.3. The Hall–Kier alpha value is -0.260. The Kier molecular flexibility index (Phi) is 12.5. The van der Waals surface area contributed by atoms with Gasteiger partial charge < -0.3 is 0 Å². The van der Waals surface area contributed by atoms with Gasteiger partial charge in [0.05, 0.1) is 0 Å². The van der Waals surface area contributed by atoms with Crippen LogP contribution >= 0.6 is 0 Å². The SMILES string of the molecule is CCC/C=C/CCCCCCCCC. The van der Waals surface area contributed by atoms with Gasteiger partial charge in [0, 0.05) is 0 Å². The predicted octanol–water partition coefficient (Wildman–Crippen LogP) is 5.48. The standard InChI is InChI=1S/C14H28/c1-3-5-7-9-11-13-14-12-10-8-6-4-2/h7,9H,3-6,8,10-14H2,1-2H3/b9-7+. The average Bonchev–Trinajstić information content (AvgIpc) is 2.21. The van der Waals surface area contributed by atoms with Crippen LogP contribution in [0.25, 0.3) is 0 Å². The topological polar surface area (TPSA) is 0 Å². The van der Waals surface area contributed by atoms with E-state index in [1.165, 1.54) is 64.2 Å². The Labute approximate surface area is 90.8 Å². The fourth-order valence-corrected chi connectivity index (χ4v) is 1.62. The molecule has 0 aliphatic heterocycles. The molecule has 0 aliphatic carbocycles. The van der Waals surface area contributed by atoms with E-state index >= 15 is 0 Å². The number of hydrogen-bond donors (Lipinski definition) is 0. The highest BCUT2D eigenvalue weighted by molar-refractivity contribution is 4.80. The highest BCUT2D eigenvalue weighted by atomic mass is 13.9. The van der Waals surface area contributed by atoms with Crippen molar-refractivity contribution in [2.24, 2.45) is 0 Å². The summed E-state index contributed by atoms with van der Waals surface area (Å²) in [5.74, 6) is 0. The van der Waals surface area contributed by atoms with Gasteiger partial charge in [0.15, 0.2) is 0 Å². The van der Waals surface area contributed by atoms with Gasteiger partial charge in [-0.1, -0.05) is 70.9 Å². The minimum Gasteiger partial charge on any atom is -0.0885 e. The van der Waals surface area contributed by atoms with Crippen LogP contribution in [0.2, 0.25) is 0 Å². The van der Waals surface area contributed by atoms with Gasteiger partial charge in [-0.3, -0.25) is 0 Å². The Balaban J connectivity index is 2.91. The van der Waals surface area contributed by atoms with E-state index in [1.54, 1.807) is 0 Å². The van der Waals surface area contributed by atoms with E-state index in [0.29, 0.717) is 0 Å². The number of hydrogen-bond acceptors (Lipinski definition) is 0. The van der Waals surface area contributed by atoms with Crippen LogP contribution in [0, 0.1) is 0 Å². The molecule has 0 aromatic heterocycles. The van der Waals surface area contributed by atoms with Gasteiger partial charge in [-0.05, 0) is 19.3 Å². The third-order valence-corrected chi connectivity index (χ3v) is 2.60. The Morgan fingerprint density at radius 1 is 0.571 bits per heavy atom. The van der Waals surface area contributed by atoms with Gasteiger partial charge in [-0.2, -0.15) is 0 Å². The molecule has 0 spiro atoms. The molecule has 0 rings (SSSR count). The van der Waals surface area contributed by atoms with Crippen LogP contribution in [0.5, 0.6) is 0 Å². The summed E-state index contributed by atoms with van der Waals surface area (Å²) in [5, 5.41) is 0. The highest BCUT2D eigenvalue weighted by Crippen LogP contribution is 2.08. The smallest absolute Gasteiger partial charge is 0.0351 e. The van der Waals surface area contributed by atoms with Crippen molar-refractivity contribution in [3.8, 4) is 0 Å². The van der Waals surface area contributed by atoms with E-state index in [4.69, 9.17) is 0 Å². The fourth-order valence-electron chi connectivity index (χ4n) is 1.62. The molecule has 14 heavy (non-hydrogen) atoms. The lowest BCUT2D eigenvalue weighted by molar-refractivity contribution is 0.592. The molecular formula is C14H28. The molecule has 0 fully saturated rings. The second-order valence-corrected chi connectivity index (χ2v) is 4.17. The van der Waals surface area contributed by atoms with Crippen LogP contribution < -0.4 is 0 Å². The van der Waals surface area contributed by atoms with E-state index in [2.05, 4.69) is 26.0 Å². The largest absolute Gasteiger partial charge is 0.0885 e. The molecule has 0 bridgehead atoms. The summed E-state index contributed by atoms with van der Waals surface area (Å²) in [6.07, 6.45) is 18.5. The summed E-state index contributed by atoms with van der Waals surface area (Å²) in [4.78, 5) is 0. The molecule has 84 valence electrons. The quantitative estimate of drug-likeness (QED) is 0.320. The average molecular weight is 196 g/mol. The zero-order valence-corrected chi connectivity index (χ0v) is 10.2. The number of allylic oxidation sites excluding steroid dienone is 2. The minimum atomic E-state index is 1.26. The zero-order valence-electron chi connectivity index (χ0n) is 10.2. The van der Waals surface area contributed by atoms with Gasteiger partial charge in [0.2, 0.25) is 0 Å². The molecule has 0 radical (unpaired) electrons. The lowest BCUT2D eigenvalue weighted by Crippen LogP contribution is -1.78. The van der Waals surface area contributed by atoms with Gasteiger partial charge in [-0.15, -0.1) is 0 Å². The molecule has 0 aromatic carbocycles. The molecule has 0 atom stereocenters. The Morgan fingerprint density at radius 3 is 1.79 bits per heavy atom. The predicted molar refractivity (Wildman–Crippen MR) is 66.7 cm³/mol. The van der Waals surface area contributed by atoms with Gasteiger partial charge in [-0.25, -0.2) is 0 Å². The molecule has 0 unspecified atom stereocenters. The summed E-state index contributed by atoms with van der Waals surface area (Å²) in [6, 6.07) is 0. The van der Waals surface area contributed by atoms with Crippen molar-refractivity contribution in [3.63, 3.8) is 0 Å². The summed E-state index contributed by atoms with van der Waals surface area (Å²) < 4.78 is 0. The molecule has 0 heteroatoms. The maximum Gasteiger partial charge on any atom is -0.0351 e. The first kappa shape index (κ1) is 13.7. The summed E-state index contributed by atoms with van der Waals surface area (Å²) in [6.45, 7) is 4.51. The van der Waals surface area contributed by atoms with Gasteiger partial charge in [0.1, 0.15) is 0 Å². The third-order valence-electron chi connectivity index (χ3n) is 2.60. The van der Waals surface area contributed by atoms with E-state index in [1.807, 2.05) is 0 Å². The molecular weight excluding hydrogens is 168 g/mol. The van der Waals surface area contributed by atoms with E-state index in [9.17, 15) is 0 Å². The first-order valence-corrected chi connectivity index (χ1v) is 6.56. The molecule has 0 N–H and O–H groups in total. The maximum atomic E-state index is 2.36. The van der Waals surface area contributed by atoms with Gasteiger partial charge in [0.25, 0.3) is 0 Å². The van der Waals surface area contributed by atoms with Crippen molar-refractivity contribution >= 4 is 0 Å². The zero-order chi connectivity index (χ0) is 10.5. The molecule has 0 nitrogen and oxygen atoms in total.